The number of anilines is 6. The van der Waals surface area contributed by atoms with E-state index in [2.05, 4.69) is 277 Å². The summed E-state index contributed by atoms with van der Waals surface area (Å²) in [5.74, 6) is 0. The summed E-state index contributed by atoms with van der Waals surface area (Å²) in [6, 6.07) is 103. The molecule has 0 amide bonds. The van der Waals surface area contributed by atoms with Crippen molar-refractivity contribution in [1.82, 2.24) is 9.97 Å². The Hall–Kier alpha value is -9.64. The molecule has 0 aliphatic heterocycles. The molecule has 0 bridgehead atoms. The Kier molecular flexibility index (Phi) is 12.0. The number of aromatic nitrogens is 2. The number of benzene rings is 11. The quantitative estimate of drug-likeness (QED) is 0.122. The van der Waals surface area contributed by atoms with E-state index in [1.54, 1.807) is 0 Å². The van der Waals surface area contributed by atoms with Crippen LogP contribution in [0, 0.1) is 0 Å². The van der Waals surface area contributed by atoms with Crippen LogP contribution in [0.3, 0.4) is 0 Å². The molecule has 4 heteroatoms. The Morgan fingerprint density at radius 2 is 0.403 bits per heavy atom. The maximum Gasteiger partial charge on any atom is 0.0973 e. The highest BCUT2D eigenvalue weighted by molar-refractivity contribution is 5.90. The van der Waals surface area contributed by atoms with E-state index in [1.165, 1.54) is 44.5 Å². The van der Waals surface area contributed by atoms with E-state index in [1.807, 2.05) is 24.3 Å². The Morgan fingerprint density at radius 1 is 0.181 bits per heavy atom. The van der Waals surface area contributed by atoms with Crippen molar-refractivity contribution in [3.63, 3.8) is 0 Å². The number of rotatable bonds is 12. The lowest BCUT2D eigenvalue weighted by Gasteiger charge is -2.26. The number of fused-ring (bicyclic) bond motifs is 1. The van der Waals surface area contributed by atoms with E-state index >= 15 is 0 Å². The van der Waals surface area contributed by atoms with Crippen molar-refractivity contribution >= 4 is 45.2 Å². The average Bonchev–Trinajstić information content (AvgIpc) is 3.47. The Bertz CT molecular complexity index is 3500. The van der Waals surface area contributed by atoms with Crippen molar-refractivity contribution in [1.29, 1.82) is 0 Å². The lowest BCUT2D eigenvalue weighted by molar-refractivity contribution is 1.26. The lowest BCUT2D eigenvalue weighted by atomic mass is 9.94. The van der Waals surface area contributed by atoms with Gasteiger partial charge in [0, 0.05) is 45.3 Å². The first-order valence-corrected chi connectivity index (χ1v) is 24.4. The normalized spacial score (nSPS) is 11.1. The first-order chi connectivity index (χ1) is 35.7. The van der Waals surface area contributed by atoms with E-state index in [0.29, 0.717) is 0 Å². The lowest BCUT2D eigenvalue weighted by Crippen LogP contribution is -2.10. The molecule has 0 saturated heterocycles. The van der Waals surface area contributed by atoms with Crippen LogP contribution in [-0.2, 0) is 0 Å². The zero-order chi connectivity index (χ0) is 48.1. The summed E-state index contributed by atoms with van der Waals surface area (Å²) in [6.45, 7) is 0. The van der Waals surface area contributed by atoms with Gasteiger partial charge < -0.3 is 9.80 Å². The monoisotopic (exact) mass is 920 g/mol. The van der Waals surface area contributed by atoms with Gasteiger partial charge in [-0.1, -0.05) is 206 Å². The molecule has 0 atom stereocenters. The van der Waals surface area contributed by atoms with Crippen molar-refractivity contribution in [2.75, 3.05) is 9.80 Å². The maximum absolute atomic E-state index is 5.30. The third kappa shape index (κ3) is 8.81. The molecule has 0 saturated carbocycles. The summed E-state index contributed by atoms with van der Waals surface area (Å²) in [4.78, 5) is 15.2. The number of para-hydroxylation sites is 4. The van der Waals surface area contributed by atoms with Crippen LogP contribution < -0.4 is 9.80 Å². The summed E-state index contributed by atoms with van der Waals surface area (Å²) in [5.41, 5.74) is 21.2. The smallest absolute Gasteiger partial charge is 0.0973 e. The molecule has 0 unspecified atom stereocenters. The topological polar surface area (TPSA) is 32.3 Å². The second kappa shape index (κ2) is 19.8. The highest BCUT2D eigenvalue weighted by Gasteiger charge is 2.19. The average molecular weight is 921 g/mol. The van der Waals surface area contributed by atoms with Crippen molar-refractivity contribution in [2.45, 2.75) is 0 Å². The molecule has 12 aromatic rings. The van der Waals surface area contributed by atoms with Gasteiger partial charge in [0.1, 0.15) is 0 Å². The Labute approximate surface area is 421 Å². The molecule has 1 heterocycles. The predicted octanol–water partition coefficient (Wildman–Crippen LogP) is 18.6. The zero-order valence-electron chi connectivity index (χ0n) is 39.5. The van der Waals surface area contributed by atoms with Gasteiger partial charge in [-0.2, -0.15) is 0 Å². The summed E-state index contributed by atoms with van der Waals surface area (Å²) in [7, 11) is 0. The molecule has 1 aromatic heterocycles. The van der Waals surface area contributed by atoms with Crippen LogP contribution >= 0.6 is 0 Å². The van der Waals surface area contributed by atoms with Crippen molar-refractivity contribution in [2.24, 2.45) is 0 Å². The molecule has 0 aliphatic carbocycles. The van der Waals surface area contributed by atoms with Crippen LogP contribution in [0.5, 0.6) is 0 Å². The fourth-order valence-corrected chi connectivity index (χ4v) is 9.78. The van der Waals surface area contributed by atoms with E-state index in [9.17, 15) is 0 Å². The number of nitrogens with zero attached hydrogens (tertiary/aromatic N) is 4. The van der Waals surface area contributed by atoms with Crippen LogP contribution in [-0.4, -0.2) is 9.97 Å². The highest BCUT2D eigenvalue weighted by atomic mass is 15.1. The first-order valence-electron chi connectivity index (χ1n) is 24.4. The number of hydrogen-bond donors (Lipinski definition) is 0. The van der Waals surface area contributed by atoms with Gasteiger partial charge in [0.15, 0.2) is 0 Å². The second-order valence-corrected chi connectivity index (χ2v) is 17.8. The highest BCUT2D eigenvalue weighted by Crippen LogP contribution is 2.42. The van der Waals surface area contributed by atoms with E-state index in [0.717, 1.165) is 67.7 Å². The predicted molar refractivity (Wildman–Crippen MR) is 302 cm³/mol. The molecule has 0 spiro atoms. The molecular formula is C68H48N4. The minimum atomic E-state index is 0.826. The molecule has 11 aromatic carbocycles. The van der Waals surface area contributed by atoms with Crippen LogP contribution in [0.1, 0.15) is 0 Å². The third-order valence-corrected chi connectivity index (χ3v) is 13.3. The van der Waals surface area contributed by atoms with Crippen LogP contribution in [0.25, 0.3) is 78.1 Å². The van der Waals surface area contributed by atoms with Gasteiger partial charge in [0.25, 0.3) is 0 Å². The maximum atomic E-state index is 5.30. The van der Waals surface area contributed by atoms with E-state index in [4.69, 9.17) is 9.97 Å². The minimum Gasteiger partial charge on any atom is -0.311 e. The SMILES string of the molecule is c1ccc(-c2ccccc2-c2ccc(N(c3ccccc3)c3ccc(-c4nc5ccccc5nc4-c4ccc(N(c5ccccc5)c5ccc(-c6ccccc6-c6ccccc6)cc5)cc4)cc3)cc2)cc1. The molecule has 0 aliphatic rings. The molecular weight excluding hydrogens is 873 g/mol. The molecule has 0 N–H and O–H groups in total. The van der Waals surface area contributed by atoms with E-state index in [-0.39, 0.29) is 0 Å². The molecule has 0 fully saturated rings. The zero-order valence-corrected chi connectivity index (χ0v) is 39.5. The van der Waals surface area contributed by atoms with Gasteiger partial charge in [0.05, 0.1) is 22.4 Å². The van der Waals surface area contributed by atoms with Crippen molar-refractivity contribution < 1.29 is 0 Å². The van der Waals surface area contributed by atoms with Gasteiger partial charge in [-0.3, -0.25) is 0 Å². The summed E-state index contributed by atoms with van der Waals surface area (Å²) in [5, 5.41) is 0. The van der Waals surface area contributed by atoms with Gasteiger partial charge in [-0.25, -0.2) is 9.97 Å². The largest absolute Gasteiger partial charge is 0.311 e. The Balaban J connectivity index is 0.877. The molecule has 340 valence electrons. The molecule has 72 heavy (non-hydrogen) atoms. The van der Waals surface area contributed by atoms with Gasteiger partial charge in [-0.05, 0) is 129 Å². The molecule has 12 rings (SSSR count). The van der Waals surface area contributed by atoms with Crippen LogP contribution in [0.2, 0.25) is 0 Å². The van der Waals surface area contributed by atoms with Gasteiger partial charge >= 0.3 is 0 Å². The van der Waals surface area contributed by atoms with Gasteiger partial charge in [0.2, 0.25) is 0 Å². The standard InChI is InChI=1S/C68H48N4/c1-5-19-49(20-6-1)61-27-13-15-29-63(61)51-33-41-57(42-34-51)71(55-23-9-3-10-24-55)59-45-37-53(38-46-59)67-68(70-66-32-18-17-31-65(66)69-67)54-39-47-60(48-40-54)72(56-25-11-4-12-26-56)58-43-35-52(36-44-58)64-30-16-14-28-62(64)50-21-7-2-8-22-50/h1-48H. The minimum absolute atomic E-state index is 0.826. The second-order valence-electron chi connectivity index (χ2n) is 17.8. The van der Waals surface area contributed by atoms with Crippen molar-refractivity contribution in [3.8, 4) is 67.0 Å². The van der Waals surface area contributed by atoms with Crippen LogP contribution in [0.15, 0.2) is 291 Å². The van der Waals surface area contributed by atoms with Crippen LogP contribution in [0.4, 0.5) is 34.1 Å². The van der Waals surface area contributed by atoms with Crippen molar-refractivity contribution in [3.05, 3.63) is 291 Å². The van der Waals surface area contributed by atoms with E-state index < -0.39 is 0 Å². The summed E-state index contributed by atoms with van der Waals surface area (Å²) in [6.07, 6.45) is 0. The first kappa shape index (κ1) is 43.6. The fourth-order valence-electron chi connectivity index (χ4n) is 9.78. The Morgan fingerprint density at radius 3 is 0.708 bits per heavy atom. The summed E-state index contributed by atoms with van der Waals surface area (Å²) < 4.78 is 0. The van der Waals surface area contributed by atoms with Gasteiger partial charge in [-0.15, -0.1) is 0 Å². The fraction of sp³-hybridized carbons (Fsp3) is 0. The summed E-state index contributed by atoms with van der Waals surface area (Å²) >= 11 is 0. The molecule has 4 nitrogen and oxygen atoms in total. The third-order valence-electron chi connectivity index (χ3n) is 13.3. The number of hydrogen-bond acceptors (Lipinski definition) is 4. The molecule has 0 radical (unpaired) electrons.